The first kappa shape index (κ1) is 8.89. The molecule has 12 heavy (non-hydrogen) atoms. The van der Waals surface area contributed by atoms with Crippen molar-refractivity contribution in [3.63, 3.8) is 0 Å². The molecule has 0 aromatic carbocycles. The maximum atomic E-state index is 8.56. The number of rotatable bonds is 3. The van der Waals surface area contributed by atoms with Gasteiger partial charge < -0.3 is 10.4 Å². The third-order valence-corrected chi connectivity index (χ3v) is 1.80. The van der Waals surface area contributed by atoms with Crippen molar-refractivity contribution >= 4 is 0 Å². The van der Waals surface area contributed by atoms with Gasteiger partial charge in [0.1, 0.15) is 0 Å². The summed E-state index contributed by atoms with van der Waals surface area (Å²) in [6, 6.07) is 0. The first-order valence-corrected chi connectivity index (χ1v) is 4.08. The van der Waals surface area contributed by atoms with Crippen molar-refractivity contribution in [1.82, 2.24) is 5.32 Å². The Hall–Kier alpha value is -1.20. The van der Waals surface area contributed by atoms with Gasteiger partial charge in [0.15, 0.2) is 0 Å². The van der Waals surface area contributed by atoms with Gasteiger partial charge in [-0.2, -0.15) is 0 Å². The van der Waals surface area contributed by atoms with E-state index in [4.69, 9.17) is 11.5 Å². The van der Waals surface area contributed by atoms with Crippen LogP contribution in [0, 0.1) is 12.3 Å². The van der Waals surface area contributed by atoms with Crippen molar-refractivity contribution in [2.75, 3.05) is 13.2 Å². The lowest BCUT2D eigenvalue weighted by Crippen LogP contribution is -2.18. The van der Waals surface area contributed by atoms with Crippen LogP contribution < -0.4 is 5.32 Å². The second-order valence-electron chi connectivity index (χ2n) is 2.68. The first-order chi connectivity index (χ1) is 5.86. The predicted octanol–water partition coefficient (Wildman–Crippen LogP) is 0.806. The Morgan fingerprint density at radius 3 is 2.83 bits per heavy atom. The molecule has 0 amide bonds. The lowest BCUT2D eigenvalue weighted by atomic mass is 10.0. The molecular formula is C10H13NO. The van der Waals surface area contributed by atoms with Gasteiger partial charge in [0.2, 0.25) is 0 Å². The molecule has 64 valence electrons. The number of aliphatic hydroxyl groups is 1. The van der Waals surface area contributed by atoms with E-state index in [1.165, 1.54) is 0 Å². The summed E-state index contributed by atoms with van der Waals surface area (Å²) in [4.78, 5) is 0. The second-order valence-corrected chi connectivity index (χ2v) is 2.68. The van der Waals surface area contributed by atoms with Crippen molar-refractivity contribution in [2.24, 2.45) is 0 Å². The molecule has 0 aromatic heterocycles. The minimum atomic E-state index is 0.170. The summed E-state index contributed by atoms with van der Waals surface area (Å²) in [6.45, 7) is 0.786. The van der Waals surface area contributed by atoms with Crippen molar-refractivity contribution in [1.29, 1.82) is 0 Å². The van der Waals surface area contributed by atoms with Gasteiger partial charge in [0.25, 0.3) is 0 Å². The molecule has 2 N–H and O–H groups in total. The highest BCUT2D eigenvalue weighted by atomic mass is 16.3. The van der Waals surface area contributed by atoms with Gasteiger partial charge >= 0.3 is 0 Å². The normalized spacial score (nSPS) is 16.0. The molecule has 0 fully saturated rings. The second kappa shape index (κ2) is 4.63. The quantitative estimate of drug-likeness (QED) is 0.603. The molecule has 1 rings (SSSR count). The SMILES string of the molecule is C#CC1=CC=C(NCCO)CC1. The van der Waals surface area contributed by atoms with Gasteiger partial charge in [0.05, 0.1) is 6.61 Å². The topological polar surface area (TPSA) is 32.3 Å². The minimum Gasteiger partial charge on any atom is -0.395 e. The van der Waals surface area contributed by atoms with Crippen molar-refractivity contribution in [3.05, 3.63) is 23.4 Å². The van der Waals surface area contributed by atoms with E-state index in [1.54, 1.807) is 0 Å². The van der Waals surface area contributed by atoms with E-state index in [-0.39, 0.29) is 6.61 Å². The fourth-order valence-electron chi connectivity index (χ4n) is 1.12. The highest BCUT2D eigenvalue weighted by molar-refractivity contribution is 5.34. The molecule has 0 saturated heterocycles. The maximum absolute atomic E-state index is 8.56. The third-order valence-electron chi connectivity index (χ3n) is 1.80. The lowest BCUT2D eigenvalue weighted by molar-refractivity contribution is 0.296. The molecular weight excluding hydrogens is 150 g/mol. The van der Waals surface area contributed by atoms with E-state index in [1.807, 2.05) is 12.2 Å². The monoisotopic (exact) mass is 163 g/mol. The summed E-state index contributed by atoms with van der Waals surface area (Å²) in [5.74, 6) is 2.62. The molecule has 0 aromatic rings. The molecule has 1 aliphatic carbocycles. The molecule has 0 bridgehead atoms. The Morgan fingerprint density at radius 2 is 2.33 bits per heavy atom. The zero-order valence-electron chi connectivity index (χ0n) is 7.01. The number of hydrogen-bond donors (Lipinski definition) is 2. The standard InChI is InChI=1S/C10H13NO/c1-2-9-3-5-10(6-4-9)11-7-8-12/h1,3,5,11-12H,4,6-8H2. The van der Waals surface area contributed by atoms with Crippen LogP contribution >= 0.6 is 0 Å². The maximum Gasteiger partial charge on any atom is 0.0603 e. The zero-order chi connectivity index (χ0) is 8.81. The largest absolute Gasteiger partial charge is 0.395 e. The summed E-state index contributed by atoms with van der Waals surface area (Å²) in [6.07, 6.45) is 11.1. The molecule has 2 nitrogen and oxygen atoms in total. The number of nitrogens with one attached hydrogen (secondary N) is 1. The number of terminal acetylenes is 1. The molecule has 2 heteroatoms. The van der Waals surface area contributed by atoms with E-state index in [0.29, 0.717) is 6.54 Å². The Labute approximate surface area is 73.0 Å². The van der Waals surface area contributed by atoms with Gasteiger partial charge in [-0.15, -0.1) is 6.42 Å². The van der Waals surface area contributed by atoms with E-state index < -0.39 is 0 Å². The summed E-state index contributed by atoms with van der Waals surface area (Å²) < 4.78 is 0. The molecule has 0 saturated carbocycles. The predicted molar refractivity (Wildman–Crippen MR) is 49.3 cm³/mol. The van der Waals surface area contributed by atoms with Gasteiger partial charge in [-0.3, -0.25) is 0 Å². The molecule has 0 spiro atoms. The van der Waals surface area contributed by atoms with E-state index in [9.17, 15) is 0 Å². The fraction of sp³-hybridized carbons (Fsp3) is 0.400. The van der Waals surface area contributed by atoms with Crippen LogP contribution in [0.5, 0.6) is 0 Å². The Bertz CT molecular complexity index is 245. The Balaban J connectivity index is 2.44. The van der Waals surface area contributed by atoms with Gasteiger partial charge in [-0.25, -0.2) is 0 Å². The molecule has 0 radical (unpaired) electrons. The van der Waals surface area contributed by atoms with Crippen LogP contribution in [-0.2, 0) is 0 Å². The van der Waals surface area contributed by atoms with Crippen LogP contribution in [0.15, 0.2) is 23.4 Å². The van der Waals surface area contributed by atoms with E-state index >= 15 is 0 Å². The van der Waals surface area contributed by atoms with Crippen molar-refractivity contribution in [2.45, 2.75) is 12.8 Å². The number of aliphatic hydroxyl groups excluding tert-OH is 1. The zero-order valence-corrected chi connectivity index (χ0v) is 7.01. The average molecular weight is 163 g/mol. The minimum absolute atomic E-state index is 0.170. The van der Waals surface area contributed by atoms with Crippen molar-refractivity contribution in [3.8, 4) is 12.3 Å². The van der Waals surface area contributed by atoms with E-state index in [2.05, 4.69) is 11.2 Å². The highest BCUT2D eigenvalue weighted by Gasteiger charge is 2.02. The van der Waals surface area contributed by atoms with Crippen LogP contribution in [0.3, 0.4) is 0 Å². The summed E-state index contributed by atoms with van der Waals surface area (Å²) >= 11 is 0. The summed E-state index contributed by atoms with van der Waals surface area (Å²) in [7, 11) is 0. The highest BCUT2D eigenvalue weighted by Crippen LogP contribution is 2.14. The van der Waals surface area contributed by atoms with Crippen LogP contribution in [0.25, 0.3) is 0 Å². The molecule has 0 unspecified atom stereocenters. The molecule has 0 aliphatic heterocycles. The summed E-state index contributed by atoms with van der Waals surface area (Å²) in [5.41, 5.74) is 2.20. The van der Waals surface area contributed by atoms with Gasteiger partial charge in [0, 0.05) is 17.8 Å². The van der Waals surface area contributed by atoms with Crippen LogP contribution in [-0.4, -0.2) is 18.3 Å². The Morgan fingerprint density at radius 1 is 1.50 bits per heavy atom. The average Bonchev–Trinajstić information content (AvgIpc) is 2.15. The van der Waals surface area contributed by atoms with E-state index in [0.717, 1.165) is 24.1 Å². The number of hydrogen-bond acceptors (Lipinski definition) is 2. The van der Waals surface area contributed by atoms with Crippen LogP contribution in [0.2, 0.25) is 0 Å². The van der Waals surface area contributed by atoms with Gasteiger partial charge in [-0.05, 0) is 25.0 Å². The fourth-order valence-corrected chi connectivity index (χ4v) is 1.12. The smallest absolute Gasteiger partial charge is 0.0603 e. The molecule has 1 aliphatic rings. The molecule has 0 heterocycles. The number of allylic oxidation sites excluding steroid dienone is 4. The Kier molecular flexibility index (Phi) is 3.43. The third kappa shape index (κ3) is 2.44. The van der Waals surface area contributed by atoms with Crippen molar-refractivity contribution < 1.29 is 5.11 Å². The van der Waals surface area contributed by atoms with Crippen LogP contribution in [0.1, 0.15) is 12.8 Å². The van der Waals surface area contributed by atoms with Gasteiger partial charge in [-0.1, -0.05) is 5.92 Å². The molecule has 0 atom stereocenters. The van der Waals surface area contributed by atoms with Crippen LogP contribution in [0.4, 0.5) is 0 Å². The lowest BCUT2D eigenvalue weighted by Gasteiger charge is -2.12. The summed E-state index contributed by atoms with van der Waals surface area (Å²) in [5, 5.41) is 11.7. The first-order valence-electron chi connectivity index (χ1n) is 4.08.